The Hall–Kier alpha value is -2.03. The number of aromatic amines is 1. The molecule has 150 valence electrons. The first-order chi connectivity index (χ1) is 13.2. The first-order valence-corrected chi connectivity index (χ1v) is 10.7. The zero-order valence-corrected chi connectivity index (χ0v) is 17.8. The third-order valence-corrected chi connectivity index (χ3v) is 7.83. The average molecular weight is 380 g/mol. The lowest BCUT2D eigenvalue weighted by Gasteiger charge is -2.54. The molecule has 1 aromatic carbocycles. The van der Waals surface area contributed by atoms with Crippen molar-refractivity contribution in [2.24, 2.45) is 22.7 Å². The van der Waals surface area contributed by atoms with Gasteiger partial charge in [0.05, 0.1) is 0 Å². The molecule has 1 N–H and O–H groups in total. The van der Waals surface area contributed by atoms with Gasteiger partial charge in [-0.05, 0) is 48.1 Å². The van der Waals surface area contributed by atoms with Crippen molar-refractivity contribution < 1.29 is 9.53 Å². The lowest BCUT2D eigenvalue weighted by atomic mass is 9.51. The maximum atomic E-state index is 11.6. The van der Waals surface area contributed by atoms with Crippen LogP contribution < -0.4 is 0 Å². The van der Waals surface area contributed by atoms with Gasteiger partial charge in [-0.25, -0.2) is 0 Å². The molecule has 0 amide bonds. The third kappa shape index (κ3) is 3.00. The van der Waals surface area contributed by atoms with E-state index in [0.29, 0.717) is 11.8 Å². The highest BCUT2D eigenvalue weighted by molar-refractivity contribution is 5.83. The van der Waals surface area contributed by atoms with Crippen LogP contribution in [-0.2, 0) is 16.0 Å². The summed E-state index contributed by atoms with van der Waals surface area (Å²) in [6, 6.07) is 8.60. The van der Waals surface area contributed by atoms with Gasteiger partial charge < -0.3 is 9.72 Å². The zero-order valence-electron chi connectivity index (χ0n) is 17.8. The quantitative estimate of drug-likeness (QED) is 0.521. The maximum absolute atomic E-state index is 11.6. The molecule has 4 rings (SSSR count). The molecule has 1 saturated carbocycles. The number of H-pyrrole nitrogens is 1. The van der Waals surface area contributed by atoms with Gasteiger partial charge in [-0.2, -0.15) is 0 Å². The van der Waals surface area contributed by atoms with Crippen molar-refractivity contribution >= 4 is 16.9 Å². The average Bonchev–Trinajstić information content (AvgIpc) is 3.03. The number of hydrogen-bond donors (Lipinski definition) is 1. The van der Waals surface area contributed by atoms with Crippen molar-refractivity contribution in [3.05, 3.63) is 47.7 Å². The van der Waals surface area contributed by atoms with E-state index in [1.54, 1.807) is 5.57 Å². The largest absolute Gasteiger partial charge is 0.462 e. The maximum Gasteiger partial charge on any atom is 0.302 e. The Balaban J connectivity index is 1.71. The van der Waals surface area contributed by atoms with Crippen LogP contribution in [0.25, 0.3) is 10.9 Å². The molecule has 2 aliphatic carbocycles. The summed E-state index contributed by atoms with van der Waals surface area (Å²) in [6.07, 6.45) is 8.86. The van der Waals surface area contributed by atoms with Crippen LogP contribution >= 0.6 is 0 Å². The highest BCUT2D eigenvalue weighted by atomic mass is 16.5. The van der Waals surface area contributed by atoms with E-state index < -0.39 is 0 Å². The van der Waals surface area contributed by atoms with E-state index in [-0.39, 0.29) is 22.9 Å². The minimum absolute atomic E-state index is 0.0236. The standard InChI is InChI=1S/C25H33NO2/c1-16-10-11-20-21(12-13-23(24(20,3)4)28-17(2)27)25(16,5)14-18-15-26-22-9-7-6-8-19(18)22/h6-9,12,15-16,20,23,26H,10-11,13-14H2,1-5H3/t16-,20+,23-,25+/m1/s1. The SMILES string of the molecule is CC(=O)O[C@@H]1CC=C2[C@H](CC[C@@H](C)[C@]2(C)Cc2c[nH]c3ccccc23)C1(C)C. The molecule has 28 heavy (non-hydrogen) atoms. The number of allylic oxidation sites excluding steroid dienone is 1. The second-order valence-corrected chi connectivity index (χ2v) is 9.80. The molecule has 4 atom stereocenters. The van der Waals surface area contributed by atoms with E-state index in [0.717, 1.165) is 12.8 Å². The van der Waals surface area contributed by atoms with Crippen LogP contribution in [0.15, 0.2) is 42.1 Å². The Kier molecular flexibility index (Phi) is 4.68. The van der Waals surface area contributed by atoms with E-state index in [2.05, 4.69) is 69.2 Å². The molecule has 1 heterocycles. The lowest BCUT2D eigenvalue weighted by Crippen LogP contribution is -2.50. The van der Waals surface area contributed by atoms with Crippen LogP contribution in [0, 0.1) is 22.7 Å². The van der Waals surface area contributed by atoms with E-state index in [1.165, 1.54) is 36.2 Å². The Morgan fingerprint density at radius 3 is 2.71 bits per heavy atom. The molecule has 1 fully saturated rings. The number of carbonyl (C=O) groups is 1. The molecular weight excluding hydrogens is 346 g/mol. The molecule has 1 aromatic heterocycles. The molecule has 2 aromatic rings. The molecule has 0 spiro atoms. The number of nitrogens with one attached hydrogen (secondary N) is 1. The monoisotopic (exact) mass is 379 g/mol. The number of carbonyl (C=O) groups excluding carboxylic acids is 1. The molecule has 0 bridgehead atoms. The summed E-state index contributed by atoms with van der Waals surface area (Å²) in [5.41, 5.74) is 4.31. The first kappa shape index (κ1) is 19.3. The van der Waals surface area contributed by atoms with Crippen LogP contribution in [0.2, 0.25) is 0 Å². The highest BCUT2D eigenvalue weighted by Crippen LogP contribution is 2.58. The van der Waals surface area contributed by atoms with Crippen LogP contribution in [0.5, 0.6) is 0 Å². The number of ether oxygens (including phenoxy) is 1. The topological polar surface area (TPSA) is 42.1 Å². The van der Waals surface area contributed by atoms with E-state index in [1.807, 2.05) is 0 Å². The van der Waals surface area contributed by atoms with Gasteiger partial charge in [0.15, 0.2) is 0 Å². The zero-order chi connectivity index (χ0) is 20.1. The van der Waals surface area contributed by atoms with Gasteiger partial charge in [0.1, 0.15) is 6.10 Å². The predicted octanol–water partition coefficient (Wildman–Crippen LogP) is 6.05. The van der Waals surface area contributed by atoms with Crippen molar-refractivity contribution in [1.82, 2.24) is 4.98 Å². The van der Waals surface area contributed by atoms with Gasteiger partial charge in [0.2, 0.25) is 0 Å². The smallest absolute Gasteiger partial charge is 0.302 e. The van der Waals surface area contributed by atoms with E-state index >= 15 is 0 Å². The van der Waals surface area contributed by atoms with Crippen molar-refractivity contribution in [2.45, 2.75) is 66.4 Å². The predicted molar refractivity (Wildman–Crippen MR) is 114 cm³/mol. The number of aromatic nitrogens is 1. The minimum atomic E-state index is -0.166. The summed E-state index contributed by atoms with van der Waals surface area (Å²) in [7, 11) is 0. The number of benzene rings is 1. The summed E-state index contributed by atoms with van der Waals surface area (Å²) in [4.78, 5) is 15.1. The summed E-state index contributed by atoms with van der Waals surface area (Å²) in [5.74, 6) is 0.933. The Labute approximate surface area is 168 Å². The van der Waals surface area contributed by atoms with Gasteiger partial charge in [-0.1, -0.05) is 57.5 Å². The summed E-state index contributed by atoms with van der Waals surface area (Å²) >= 11 is 0. The Bertz CT molecular complexity index is 922. The molecule has 3 nitrogen and oxygen atoms in total. The molecule has 0 saturated heterocycles. The fraction of sp³-hybridized carbons (Fsp3) is 0.560. The Morgan fingerprint density at radius 1 is 1.21 bits per heavy atom. The molecule has 0 radical (unpaired) electrons. The number of esters is 1. The summed E-state index contributed by atoms with van der Waals surface area (Å²) < 4.78 is 5.73. The number of hydrogen-bond acceptors (Lipinski definition) is 2. The van der Waals surface area contributed by atoms with Gasteiger partial charge in [0.25, 0.3) is 0 Å². The number of fused-ring (bicyclic) bond motifs is 2. The Morgan fingerprint density at radius 2 is 1.96 bits per heavy atom. The number of rotatable bonds is 3. The molecule has 3 heteroatoms. The summed E-state index contributed by atoms with van der Waals surface area (Å²) in [5, 5.41) is 1.34. The van der Waals surface area contributed by atoms with Gasteiger partial charge in [-0.15, -0.1) is 0 Å². The molecular formula is C25H33NO2. The van der Waals surface area contributed by atoms with Gasteiger partial charge in [-0.3, -0.25) is 4.79 Å². The second kappa shape index (κ2) is 6.79. The fourth-order valence-corrected chi connectivity index (χ4v) is 5.83. The van der Waals surface area contributed by atoms with Crippen molar-refractivity contribution in [3.63, 3.8) is 0 Å². The first-order valence-electron chi connectivity index (χ1n) is 10.7. The number of para-hydroxylation sites is 1. The van der Waals surface area contributed by atoms with Crippen LogP contribution in [0.4, 0.5) is 0 Å². The van der Waals surface area contributed by atoms with Crippen molar-refractivity contribution in [1.29, 1.82) is 0 Å². The highest BCUT2D eigenvalue weighted by Gasteiger charge is 2.52. The lowest BCUT2D eigenvalue weighted by molar-refractivity contribution is -0.156. The van der Waals surface area contributed by atoms with Crippen LogP contribution in [-0.4, -0.2) is 17.1 Å². The normalized spacial score (nSPS) is 31.9. The van der Waals surface area contributed by atoms with Crippen molar-refractivity contribution in [2.75, 3.05) is 0 Å². The van der Waals surface area contributed by atoms with Gasteiger partial charge in [0, 0.05) is 35.9 Å². The fourth-order valence-electron chi connectivity index (χ4n) is 5.83. The van der Waals surface area contributed by atoms with Crippen LogP contribution in [0.3, 0.4) is 0 Å². The van der Waals surface area contributed by atoms with Crippen molar-refractivity contribution in [3.8, 4) is 0 Å². The van der Waals surface area contributed by atoms with E-state index in [9.17, 15) is 4.79 Å². The molecule has 2 aliphatic rings. The summed E-state index contributed by atoms with van der Waals surface area (Å²) in [6.45, 7) is 11.0. The molecule has 0 aliphatic heterocycles. The van der Waals surface area contributed by atoms with Gasteiger partial charge >= 0.3 is 5.97 Å². The van der Waals surface area contributed by atoms with Crippen LogP contribution in [0.1, 0.15) is 59.4 Å². The second-order valence-electron chi connectivity index (χ2n) is 9.80. The minimum Gasteiger partial charge on any atom is -0.462 e. The third-order valence-electron chi connectivity index (χ3n) is 7.83. The molecule has 0 unspecified atom stereocenters. The van der Waals surface area contributed by atoms with E-state index in [4.69, 9.17) is 4.74 Å².